The van der Waals surface area contributed by atoms with Crippen LogP contribution in [0.15, 0.2) is 5.51 Å². The Kier molecular flexibility index (Phi) is 5.25. The van der Waals surface area contributed by atoms with Gasteiger partial charge in [-0.15, -0.1) is 11.3 Å². The van der Waals surface area contributed by atoms with Crippen LogP contribution in [0.4, 0.5) is 4.79 Å². The minimum Gasteiger partial charge on any atom is -0.481 e. The fourth-order valence-electron chi connectivity index (χ4n) is 1.11. The molecule has 0 bridgehead atoms. The van der Waals surface area contributed by atoms with Crippen molar-refractivity contribution in [1.82, 2.24) is 15.6 Å². The molecule has 1 rings (SSSR count). The standard InChI is InChI=1S/C10H13N3O4S/c1-6-7(18-5-12-6)4-11-10(17)13-8(14)2-3-9(15)16/h5H,2-4H2,1H3,(H,15,16)(H2,11,13,14,17). The van der Waals surface area contributed by atoms with Gasteiger partial charge in [0.05, 0.1) is 24.2 Å². The van der Waals surface area contributed by atoms with Gasteiger partial charge in [0.15, 0.2) is 0 Å². The van der Waals surface area contributed by atoms with Crippen molar-refractivity contribution >= 4 is 29.2 Å². The Balaban J connectivity index is 2.27. The zero-order valence-corrected chi connectivity index (χ0v) is 10.5. The van der Waals surface area contributed by atoms with E-state index in [0.717, 1.165) is 10.6 Å². The second-order valence-electron chi connectivity index (χ2n) is 3.49. The Morgan fingerprint density at radius 2 is 2.11 bits per heavy atom. The summed E-state index contributed by atoms with van der Waals surface area (Å²) < 4.78 is 0. The maximum absolute atomic E-state index is 11.3. The first-order valence-corrected chi connectivity index (χ1v) is 6.05. The Morgan fingerprint density at radius 3 is 2.67 bits per heavy atom. The first-order chi connectivity index (χ1) is 8.49. The molecule has 0 saturated heterocycles. The summed E-state index contributed by atoms with van der Waals surface area (Å²) in [5.74, 6) is -1.69. The van der Waals surface area contributed by atoms with Crippen LogP contribution in [-0.2, 0) is 16.1 Å². The number of carboxylic acids is 1. The number of thiazole rings is 1. The molecule has 0 aromatic carbocycles. The maximum Gasteiger partial charge on any atom is 0.321 e. The Hall–Kier alpha value is -1.96. The number of carboxylic acid groups (broad SMARTS) is 1. The van der Waals surface area contributed by atoms with Crippen molar-refractivity contribution in [2.75, 3.05) is 0 Å². The molecule has 0 atom stereocenters. The zero-order valence-electron chi connectivity index (χ0n) is 9.73. The summed E-state index contributed by atoms with van der Waals surface area (Å²) in [6, 6.07) is -0.641. The molecule has 7 nitrogen and oxygen atoms in total. The highest BCUT2D eigenvalue weighted by molar-refractivity contribution is 7.09. The van der Waals surface area contributed by atoms with Gasteiger partial charge in [0.1, 0.15) is 0 Å². The number of hydrogen-bond donors (Lipinski definition) is 3. The molecule has 0 unspecified atom stereocenters. The molecule has 98 valence electrons. The van der Waals surface area contributed by atoms with Crippen molar-refractivity contribution in [3.05, 3.63) is 16.1 Å². The molecule has 8 heteroatoms. The maximum atomic E-state index is 11.3. The Labute approximate surface area is 107 Å². The van der Waals surface area contributed by atoms with Gasteiger partial charge in [0.2, 0.25) is 5.91 Å². The summed E-state index contributed by atoms with van der Waals surface area (Å²) >= 11 is 1.41. The normalized spacial score (nSPS) is 9.83. The molecule has 0 aliphatic carbocycles. The van der Waals surface area contributed by atoms with E-state index < -0.39 is 17.9 Å². The van der Waals surface area contributed by atoms with Gasteiger partial charge in [0.25, 0.3) is 0 Å². The number of carbonyl (C=O) groups is 3. The molecule has 3 amide bonds. The number of aryl methyl sites for hydroxylation is 1. The summed E-state index contributed by atoms with van der Waals surface area (Å²) in [7, 11) is 0. The highest BCUT2D eigenvalue weighted by Gasteiger charge is 2.10. The highest BCUT2D eigenvalue weighted by Crippen LogP contribution is 2.10. The van der Waals surface area contributed by atoms with Gasteiger partial charge in [-0.1, -0.05) is 0 Å². The molecule has 3 N–H and O–H groups in total. The van der Waals surface area contributed by atoms with Gasteiger partial charge < -0.3 is 10.4 Å². The van der Waals surface area contributed by atoms with Gasteiger partial charge in [-0.25, -0.2) is 9.78 Å². The Bertz CT molecular complexity index is 458. The molecular formula is C10H13N3O4S. The molecule has 1 aromatic rings. The average Bonchev–Trinajstić information content (AvgIpc) is 2.69. The summed E-state index contributed by atoms with van der Waals surface area (Å²) in [6.07, 6.45) is -0.518. The number of aliphatic carboxylic acids is 1. The minimum atomic E-state index is -1.08. The molecule has 0 aliphatic rings. The predicted octanol–water partition coefficient (Wildman–Crippen LogP) is 0.642. The lowest BCUT2D eigenvalue weighted by molar-refractivity contribution is -0.138. The van der Waals surface area contributed by atoms with Crippen molar-refractivity contribution in [3.63, 3.8) is 0 Å². The zero-order chi connectivity index (χ0) is 13.5. The van der Waals surface area contributed by atoms with E-state index in [-0.39, 0.29) is 19.4 Å². The third-order valence-electron chi connectivity index (χ3n) is 2.07. The van der Waals surface area contributed by atoms with Crippen LogP contribution in [0.3, 0.4) is 0 Å². The number of urea groups is 1. The number of carbonyl (C=O) groups excluding carboxylic acids is 2. The van der Waals surface area contributed by atoms with Crippen molar-refractivity contribution in [3.8, 4) is 0 Å². The molecule has 0 saturated carbocycles. The predicted molar refractivity (Wildman–Crippen MR) is 64.1 cm³/mol. The van der Waals surface area contributed by atoms with E-state index in [9.17, 15) is 14.4 Å². The first kappa shape index (κ1) is 14.1. The molecule has 18 heavy (non-hydrogen) atoms. The molecule has 1 aromatic heterocycles. The summed E-state index contributed by atoms with van der Waals surface area (Å²) in [6.45, 7) is 2.11. The highest BCUT2D eigenvalue weighted by atomic mass is 32.1. The molecule has 0 radical (unpaired) electrons. The monoisotopic (exact) mass is 271 g/mol. The van der Waals surface area contributed by atoms with Crippen LogP contribution in [-0.4, -0.2) is 28.0 Å². The van der Waals surface area contributed by atoms with E-state index in [1.165, 1.54) is 11.3 Å². The van der Waals surface area contributed by atoms with Gasteiger partial charge >= 0.3 is 12.0 Å². The second kappa shape index (κ2) is 6.70. The van der Waals surface area contributed by atoms with E-state index in [4.69, 9.17) is 5.11 Å². The Morgan fingerprint density at radius 1 is 1.39 bits per heavy atom. The van der Waals surface area contributed by atoms with Gasteiger partial charge in [-0.2, -0.15) is 0 Å². The fraction of sp³-hybridized carbons (Fsp3) is 0.400. The lowest BCUT2D eigenvalue weighted by atomic mass is 10.3. The minimum absolute atomic E-state index is 0.220. The van der Waals surface area contributed by atoms with Crippen LogP contribution >= 0.6 is 11.3 Å². The third-order valence-corrected chi connectivity index (χ3v) is 3.01. The number of rotatable bonds is 5. The van der Waals surface area contributed by atoms with E-state index in [1.54, 1.807) is 5.51 Å². The van der Waals surface area contributed by atoms with Crippen molar-refractivity contribution in [2.24, 2.45) is 0 Å². The first-order valence-electron chi connectivity index (χ1n) is 5.17. The van der Waals surface area contributed by atoms with Crippen molar-refractivity contribution in [2.45, 2.75) is 26.3 Å². The quantitative estimate of drug-likeness (QED) is 0.728. The van der Waals surface area contributed by atoms with E-state index >= 15 is 0 Å². The lowest BCUT2D eigenvalue weighted by Crippen LogP contribution is -2.39. The molecule has 0 aliphatic heterocycles. The van der Waals surface area contributed by atoms with E-state index in [2.05, 4.69) is 10.3 Å². The topological polar surface area (TPSA) is 108 Å². The molecule has 0 spiro atoms. The third kappa shape index (κ3) is 4.91. The number of amides is 3. The SMILES string of the molecule is Cc1ncsc1CNC(=O)NC(=O)CCC(=O)O. The number of hydrogen-bond acceptors (Lipinski definition) is 5. The second-order valence-corrected chi connectivity index (χ2v) is 4.42. The number of nitrogens with zero attached hydrogens (tertiary/aromatic N) is 1. The largest absolute Gasteiger partial charge is 0.481 e. The van der Waals surface area contributed by atoms with Crippen LogP contribution < -0.4 is 10.6 Å². The van der Waals surface area contributed by atoms with Crippen LogP contribution in [0.1, 0.15) is 23.4 Å². The van der Waals surface area contributed by atoms with Crippen LogP contribution in [0, 0.1) is 6.92 Å². The van der Waals surface area contributed by atoms with Crippen molar-refractivity contribution < 1.29 is 19.5 Å². The van der Waals surface area contributed by atoms with E-state index in [1.807, 2.05) is 12.2 Å². The number of imide groups is 1. The van der Waals surface area contributed by atoms with Crippen LogP contribution in [0.5, 0.6) is 0 Å². The van der Waals surface area contributed by atoms with Crippen LogP contribution in [0.25, 0.3) is 0 Å². The fourth-order valence-corrected chi connectivity index (χ4v) is 1.83. The van der Waals surface area contributed by atoms with Gasteiger partial charge in [-0.05, 0) is 6.92 Å². The number of nitrogens with one attached hydrogen (secondary N) is 2. The lowest BCUT2D eigenvalue weighted by Gasteiger charge is -2.05. The summed E-state index contributed by atoms with van der Waals surface area (Å²) in [5.41, 5.74) is 2.50. The summed E-state index contributed by atoms with van der Waals surface area (Å²) in [5, 5.41) is 12.9. The summed E-state index contributed by atoms with van der Waals surface area (Å²) in [4.78, 5) is 37.6. The number of aromatic nitrogens is 1. The van der Waals surface area contributed by atoms with Crippen LogP contribution in [0.2, 0.25) is 0 Å². The smallest absolute Gasteiger partial charge is 0.321 e. The molecular weight excluding hydrogens is 258 g/mol. The van der Waals surface area contributed by atoms with Gasteiger partial charge in [0, 0.05) is 11.3 Å². The average molecular weight is 271 g/mol. The molecule has 0 fully saturated rings. The van der Waals surface area contributed by atoms with E-state index in [0.29, 0.717) is 0 Å². The molecule has 1 heterocycles. The van der Waals surface area contributed by atoms with Gasteiger partial charge in [-0.3, -0.25) is 14.9 Å². The van der Waals surface area contributed by atoms with Crippen molar-refractivity contribution in [1.29, 1.82) is 0 Å².